The highest BCUT2D eigenvalue weighted by Gasteiger charge is 2.46. The minimum Gasteiger partial charge on any atom is -0.507 e. The maximum atomic E-state index is 13.3. The van der Waals surface area contributed by atoms with Crippen LogP contribution in [0.5, 0.6) is 5.75 Å². The van der Waals surface area contributed by atoms with Gasteiger partial charge < -0.3 is 23.9 Å². The van der Waals surface area contributed by atoms with Gasteiger partial charge in [-0.05, 0) is 66.6 Å². The van der Waals surface area contributed by atoms with E-state index in [4.69, 9.17) is 13.9 Å². The van der Waals surface area contributed by atoms with Crippen LogP contribution in [0.3, 0.4) is 0 Å². The molecule has 1 aliphatic heterocycles. The zero-order valence-electron chi connectivity index (χ0n) is 22.0. The summed E-state index contributed by atoms with van der Waals surface area (Å²) in [5.74, 6) is -1.34. The number of methoxy groups -OCH3 is 1. The van der Waals surface area contributed by atoms with Crippen molar-refractivity contribution in [1.29, 1.82) is 0 Å². The number of aliphatic hydroxyl groups is 1. The minimum atomic E-state index is -0.908. The van der Waals surface area contributed by atoms with Crippen LogP contribution >= 0.6 is 0 Å². The Balaban J connectivity index is 1.47. The molecule has 0 radical (unpaired) electrons. The summed E-state index contributed by atoms with van der Waals surface area (Å²) in [6.45, 7) is 2.41. The van der Waals surface area contributed by atoms with Gasteiger partial charge in [-0.2, -0.15) is 0 Å². The average molecular weight is 538 g/mol. The summed E-state index contributed by atoms with van der Waals surface area (Å²) in [6, 6.07) is 23.5. The lowest BCUT2D eigenvalue weighted by Gasteiger charge is -2.24. The van der Waals surface area contributed by atoms with E-state index < -0.39 is 23.7 Å². The van der Waals surface area contributed by atoms with Crippen molar-refractivity contribution in [2.45, 2.75) is 26.1 Å². The molecule has 1 amide bonds. The number of hydrogen-bond donors (Lipinski definition) is 1. The van der Waals surface area contributed by atoms with Crippen LogP contribution in [0.2, 0.25) is 0 Å². The van der Waals surface area contributed by atoms with Crippen LogP contribution in [0, 0.1) is 6.92 Å². The van der Waals surface area contributed by atoms with Crippen LogP contribution in [0.15, 0.2) is 101 Å². The predicted octanol–water partition coefficient (Wildman–Crippen LogP) is 5.58. The van der Waals surface area contributed by atoms with Crippen LogP contribution in [0.25, 0.3) is 5.76 Å². The highest BCUT2D eigenvalue weighted by atomic mass is 16.5. The number of nitrogens with zero attached hydrogens (tertiary/aromatic N) is 1. The van der Waals surface area contributed by atoms with E-state index in [1.165, 1.54) is 18.3 Å². The molecule has 0 aliphatic carbocycles. The Hall–Kier alpha value is -5.11. The number of furan rings is 1. The third-order valence-electron chi connectivity index (χ3n) is 6.71. The summed E-state index contributed by atoms with van der Waals surface area (Å²) < 4.78 is 16.1. The van der Waals surface area contributed by atoms with Crippen molar-refractivity contribution in [2.24, 2.45) is 0 Å². The molecule has 1 aromatic heterocycles. The molecule has 1 N–H and O–H groups in total. The quantitative estimate of drug-likeness (QED) is 0.135. The minimum absolute atomic E-state index is 0.0174. The van der Waals surface area contributed by atoms with Crippen LogP contribution < -0.4 is 4.74 Å². The third-order valence-corrected chi connectivity index (χ3v) is 6.71. The maximum Gasteiger partial charge on any atom is 0.337 e. The van der Waals surface area contributed by atoms with E-state index in [9.17, 15) is 19.5 Å². The molecule has 0 saturated carbocycles. The lowest BCUT2D eigenvalue weighted by Crippen LogP contribution is -2.29. The number of amides is 1. The van der Waals surface area contributed by atoms with Crippen molar-refractivity contribution < 1.29 is 33.4 Å². The Labute approximate surface area is 231 Å². The SMILES string of the molecule is COC(=O)c1ccc([C@H]2/C(=C(\O)c3ccc(OCc4cccc(C)c4)cc3)C(=O)C(=O)N2Cc2ccco2)cc1. The Morgan fingerprint density at radius 3 is 2.33 bits per heavy atom. The van der Waals surface area contributed by atoms with E-state index in [1.807, 2.05) is 31.2 Å². The third kappa shape index (κ3) is 5.37. The number of aliphatic hydroxyl groups excluding tert-OH is 1. The number of esters is 1. The molecule has 4 aromatic rings. The van der Waals surface area contributed by atoms with Gasteiger partial charge in [-0.3, -0.25) is 9.59 Å². The van der Waals surface area contributed by atoms with E-state index >= 15 is 0 Å². The van der Waals surface area contributed by atoms with Gasteiger partial charge in [-0.15, -0.1) is 0 Å². The highest BCUT2D eigenvalue weighted by molar-refractivity contribution is 6.46. The second-order valence-corrected chi connectivity index (χ2v) is 9.42. The van der Waals surface area contributed by atoms with Gasteiger partial charge in [-0.25, -0.2) is 4.79 Å². The number of ether oxygens (including phenoxy) is 2. The smallest absolute Gasteiger partial charge is 0.337 e. The molecule has 1 fully saturated rings. The van der Waals surface area contributed by atoms with E-state index in [2.05, 4.69) is 0 Å². The predicted molar refractivity (Wildman–Crippen MR) is 146 cm³/mol. The summed E-state index contributed by atoms with van der Waals surface area (Å²) in [5.41, 5.74) is 3.32. The van der Waals surface area contributed by atoms with Gasteiger partial charge in [0.2, 0.25) is 0 Å². The summed E-state index contributed by atoms with van der Waals surface area (Å²) in [5, 5.41) is 11.3. The molecule has 0 spiro atoms. The highest BCUT2D eigenvalue weighted by Crippen LogP contribution is 2.40. The number of rotatable bonds is 8. The average Bonchev–Trinajstić information content (AvgIpc) is 3.58. The molecule has 1 saturated heterocycles. The molecular weight excluding hydrogens is 510 g/mol. The standard InChI is InChI=1S/C32H27NO7/c1-20-5-3-6-21(17-20)19-40-25-14-12-23(13-15-25)29(34)27-28(22-8-10-24(11-9-22)32(37)38-2)33(31(36)30(27)35)18-26-7-4-16-39-26/h3-17,28,34H,18-19H2,1-2H3/b29-27+/t28-/m0/s1. The molecule has 5 rings (SSSR count). The van der Waals surface area contributed by atoms with E-state index in [0.717, 1.165) is 11.1 Å². The number of likely N-dealkylation sites (tertiary alicyclic amines) is 1. The number of ketones is 1. The lowest BCUT2D eigenvalue weighted by molar-refractivity contribution is -0.140. The topological polar surface area (TPSA) is 106 Å². The number of hydrogen-bond acceptors (Lipinski definition) is 7. The maximum absolute atomic E-state index is 13.3. The van der Waals surface area contributed by atoms with Crippen molar-refractivity contribution in [3.63, 3.8) is 0 Å². The van der Waals surface area contributed by atoms with Crippen LogP contribution in [0.4, 0.5) is 0 Å². The molecule has 1 aliphatic rings. The first-order valence-electron chi connectivity index (χ1n) is 12.6. The molecule has 8 nitrogen and oxygen atoms in total. The van der Waals surface area contributed by atoms with Crippen LogP contribution in [-0.2, 0) is 27.5 Å². The Morgan fingerprint density at radius 1 is 0.950 bits per heavy atom. The molecule has 40 heavy (non-hydrogen) atoms. The molecule has 1 atom stereocenters. The van der Waals surface area contributed by atoms with Crippen molar-refractivity contribution in [3.05, 3.63) is 130 Å². The number of Topliss-reactive ketones (excluding diaryl/α,β-unsaturated/α-hetero) is 1. The zero-order chi connectivity index (χ0) is 28.2. The normalized spacial score (nSPS) is 16.2. The van der Waals surface area contributed by atoms with Crippen LogP contribution in [-0.4, -0.2) is 34.8 Å². The number of benzene rings is 3. The zero-order valence-corrected chi connectivity index (χ0v) is 22.0. The summed E-state index contributed by atoms with van der Waals surface area (Å²) in [6.07, 6.45) is 1.48. The van der Waals surface area contributed by atoms with Crippen molar-refractivity contribution >= 4 is 23.4 Å². The Kier molecular flexibility index (Phi) is 7.50. The van der Waals surface area contributed by atoms with Gasteiger partial charge in [-0.1, -0.05) is 42.0 Å². The van der Waals surface area contributed by atoms with E-state index in [1.54, 1.807) is 60.7 Å². The van der Waals surface area contributed by atoms with Crippen molar-refractivity contribution in [3.8, 4) is 5.75 Å². The van der Waals surface area contributed by atoms with Crippen molar-refractivity contribution in [2.75, 3.05) is 7.11 Å². The van der Waals surface area contributed by atoms with Gasteiger partial charge in [0.1, 0.15) is 23.9 Å². The molecule has 3 aromatic carbocycles. The van der Waals surface area contributed by atoms with Gasteiger partial charge in [0, 0.05) is 5.56 Å². The molecule has 0 bridgehead atoms. The second-order valence-electron chi connectivity index (χ2n) is 9.42. The number of carbonyl (C=O) groups is 3. The fourth-order valence-electron chi connectivity index (χ4n) is 4.71. The van der Waals surface area contributed by atoms with E-state index in [0.29, 0.717) is 34.8 Å². The molecule has 8 heteroatoms. The Morgan fingerprint density at radius 2 is 1.68 bits per heavy atom. The summed E-state index contributed by atoms with van der Waals surface area (Å²) >= 11 is 0. The first kappa shape index (κ1) is 26.5. The fourth-order valence-corrected chi connectivity index (χ4v) is 4.71. The second kappa shape index (κ2) is 11.3. The molecular formula is C32H27NO7. The molecule has 2 heterocycles. The van der Waals surface area contributed by atoms with Gasteiger partial charge in [0.15, 0.2) is 0 Å². The van der Waals surface area contributed by atoms with Gasteiger partial charge in [0.25, 0.3) is 11.7 Å². The summed E-state index contributed by atoms with van der Waals surface area (Å²) in [7, 11) is 1.29. The molecule has 202 valence electrons. The number of aryl methyl sites for hydroxylation is 1. The lowest BCUT2D eigenvalue weighted by atomic mass is 9.94. The van der Waals surface area contributed by atoms with E-state index in [-0.39, 0.29) is 17.9 Å². The number of carbonyl (C=O) groups excluding carboxylic acids is 3. The summed E-state index contributed by atoms with van der Waals surface area (Å²) in [4.78, 5) is 39.7. The largest absolute Gasteiger partial charge is 0.507 e. The Bertz CT molecular complexity index is 1570. The van der Waals surface area contributed by atoms with Gasteiger partial charge in [0.05, 0.1) is 37.1 Å². The monoisotopic (exact) mass is 537 g/mol. The van der Waals surface area contributed by atoms with Gasteiger partial charge >= 0.3 is 5.97 Å². The molecule has 0 unspecified atom stereocenters. The first-order valence-corrected chi connectivity index (χ1v) is 12.6. The van der Waals surface area contributed by atoms with Crippen LogP contribution in [0.1, 0.15) is 44.4 Å². The first-order chi connectivity index (χ1) is 19.4. The fraction of sp³-hybridized carbons (Fsp3) is 0.156. The van der Waals surface area contributed by atoms with Crippen molar-refractivity contribution in [1.82, 2.24) is 4.90 Å².